The van der Waals surface area contributed by atoms with Crippen LogP contribution in [0.4, 0.5) is 4.39 Å². The predicted molar refractivity (Wildman–Crippen MR) is 123 cm³/mol. The Morgan fingerprint density at radius 1 is 1.12 bits per heavy atom. The number of hydrogen-bond donors (Lipinski definition) is 2. The van der Waals surface area contributed by atoms with Crippen LogP contribution >= 0.6 is 0 Å². The number of ether oxygens (including phenoxy) is 1. The summed E-state index contributed by atoms with van der Waals surface area (Å²) in [5.41, 5.74) is 3.28. The van der Waals surface area contributed by atoms with E-state index in [1.807, 2.05) is 35.0 Å². The Balaban J connectivity index is 1.42. The number of aliphatic imine (C=N–C) groups is 1. The van der Waals surface area contributed by atoms with Crippen LogP contribution in [-0.4, -0.2) is 60.3 Å². The number of nitrogens with one attached hydrogen (secondary N) is 2. The van der Waals surface area contributed by atoms with Gasteiger partial charge in [0.05, 0.1) is 31.3 Å². The van der Waals surface area contributed by atoms with Gasteiger partial charge in [-0.05, 0) is 29.3 Å². The minimum Gasteiger partial charge on any atom is -0.379 e. The summed E-state index contributed by atoms with van der Waals surface area (Å²) in [7, 11) is 1.76. The van der Waals surface area contributed by atoms with Gasteiger partial charge in [-0.15, -0.1) is 0 Å². The van der Waals surface area contributed by atoms with Crippen molar-refractivity contribution < 1.29 is 9.13 Å². The molecule has 0 spiro atoms. The molecule has 2 aromatic carbocycles. The average molecular weight is 437 g/mol. The molecule has 2 N–H and O–H groups in total. The Hall–Kier alpha value is -3.23. The van der Waals surface area contributed by atoms with Crippen LogP contribution in [0.25, 0.3) is 5.69 Å². The van der Waals surface area contributed by atoms with Gasteiger partial charge >= 0.3 is 0 Å². The molecule has 1 atom stereocenters. The summed E-state index contributed by atoms with van der Waals surface area (Å²) < 4.78 is 21.0. The van der Waals surface area contributed by atoms with E-state index in [0.717, 1.165) is 29.9 Å². The standard InChI is InChI=1S/C24H29FN6O/c1-26-24(28-16-20-4-2-3-5-22(20)31-11-10-27-18-31)29-17-23(30-12-14-32-15-13-30)19-6-8-21(25)9-7-19/h2-11,18,23H,12-17H2,1H3,(H2,26,28,29). The fraction of sp³-hybridized carbons (Fsp3) is 0.333. The summed E-state index contributed by atoms with van der Waals surface area (Å²) >= 11 is 0. The molecule has 1 unspecified atom stereocenters. The Kier molecular flexibility index (Phi) is 7.47. The highest BCUT2D eigenvalue weighted by atomic mass is 19.1. The lowest BCUT2D eigenvalue weighted by Gasteiger charge is -2.35. The second kappa shape index (κ2) is 10.9. The molecule has 7 nitrogen and oxygen atoms in total. The normalized spacial score (nSPS) is 16.0. The third-order valence-corrected chi connectivity index (χ3v) is 5.65. The third-order valence-electron chi connectivity index (χ3n) is 5.65. The van der Waals surface area contributed by atoms with Gasteiger partial charge in [-0.1, -0.05) is 30.3 Å². The summed E-state index contributed by atoms with van der Waals surface area (Å²) in [5.74, 6) is 0.488. The molecule has 8 heteroatoms. The molecule has 1 fully saturated rings. The molecule has 0 amide bonds. The first-order chi connectivity index (χ1) is 15.7. The van der Waals surface area contributed by atoms with Gasteiger partial charge in [0, 0.05) is 45.6 Å². The topological polar surface area (TPSA) is 66.7 Å². The van der Waals surface area contributed by atoms with Gasteiger partial charge in [-0.3, -0.25) is 9.89 Å². The molecule has 1 aliphatic rings. The van der Waals surface area contributed by atoms with E-state index in [4.69, 9.17) is 4.74 Å². The van der Waals surface area contributed by atoms with Gasteiger partial charge in [0.1, 0.15) is 5.82 Å². The number of rotatable bonds is 7. The molecular formula is C24H29FN6O. The second-order valence-electron chi connectivity index (χ2n) is 7.62. The fourth-order valence-corrected chi connectivity index (χ4v) is 3.94. The van der Waals surface area contributed by atoms with Crippen molar-refractivity contribution in [3.05, 3.63) is 84.2 Å². The zero-order valence-electron chi connectivity index (χ0n) is 18.2. The lowest BCUT2D eigenvalue weighted by molar-refractivity contribution is 0.0170. The number of imidazole rings is 1. The largest absolute Gasteiger partial charge is 0.379 e. The van der Waals surface area contributed by atoms with Gasteiger partial charge in [-0.25, -0.2) is 9.37 Å². The first-order valence-electron chi connectivity index (χ1n) is 10.8. The lowest BCUT2D eigenvalue weighted by Crippen LogP contribution is -2.46. The number of nitrogens with zero attached hydrogens (tertiary/aromatic N) is 4. The number of morpholine rings is 1. The second-order valence-corrected chi connectivity index (χ2v) is 7.62. The van der Waals surface area contributed by atoms with Crippen LogP contribution in [0.5, 0.6) is 0 Å². The number of benzene rings is 2. The molecule has 1 aliphatic heterocycles. The molecule has 32 heavy (non-hydrogen) atoms. The van der Waals surface area contributed by atoms with E-state index in [2.05, 4.69) is 37.6 Å². The Morgan fingerprint density at radius 2 is 1.91 bits per heavy atom. The highest BCUT2D eigenvalue weighted by Gasteiger charge is 2.23. The summed E-state index contributed by atoms with van der Waals surface area (Å²) in [4.78, 5) is 10.9. The molecule has 1 aromatic heterocycles. The van der Waals surface area contributed by atoms with E-state index in [1.165, 1.54) is 12.1 Å². The number of guanidine groups is 1. The Morgan fingerprint density at radius 3 is 2.62 bits per heavy atom. The van der Waals surface area contributed by atoms with Crippen LogP contribution < -0.4 is 10.6 Å². The Labute approximate surface area is 187 Å². The van der Waals surface area contributed by atoms with E-state index in [-0.39, 0.29) is 11.9 Å². The van der Waals surface area contributed by atoms with Gasteiger partial charge in [0.25, 0.3) is 0 Å². The summed E-state index contributed by atoms with van der Waals surface area (Å²) in [6.45, 7) is 4.36. The van der Waals surface area contributed by atoms with Crippen LogP contribution in [0.2, 0.25) is 0 Å². The van der Waals surface area contributed by atoms with Crippen molar-refractivity contribution in [1.29, 1.82) is 0 Å². The first-order valence-corrected chi connectivity index (χ1v) is 10.8. The quantitative estimate of drug-likeness (QED) is 0.440. The van der Waals surface area contributed by atoms with Gasteiger partial charge in [0.2, 0.25) is 0 Å². The third kappa shape index (κ3) is 5.52. The summed E-state index contributed by atoms with van der Waals surface area (Å²) in [5, 5.41) is 6.86. The molecule has 0 saturated carbocycles. The van der Waals surface area contributed by atoms with Crippen LogP contribution in [0, 0.1) is 5.82 Å². The van der Waals surface area contributed by atoms with Crippen molar-refractivity contribution in [2.45, 2.75) is 12.6 Å². The maximum atomic E-state index is 13.5. The zero-order chi connectivity index (χ0) is 22.2. The van der Waals surface area contributed by atoms with Crippen molar-refractivity contribution in [2.75, 3.05) is 39.9 Å². The molecule has 0 aliphatic carbocycles. The van der Waals surface area contributed by atoms with E-state index in [1.54, 1.807) is 19.6 Å². The summed E-state index contributed by atoms with van der Waals surface area (Å²) in [6, 6.07) is 15.0. The zero-order valence-corrected chi connectivity index (χ0v) is 18.2. The van der Waals surface area contributed by atoms with Crippen LogP contribution in [0.1, 0.15) is 17.2 Å². The number of para-hydroxylation sites is 1. The molecule has 3 aromatic rings. The Bertz CT molecular complexity index is 1000. The fourth-order valence-electron chi connectivity index (χ4n) is 3.94. The van der Waals surface area contributed by atoms with Gasteiger partial charge in [0.15, 0.2) is 5.96 Å². The average Bonchev–Trinajstić information content (AvgIpc) is 3.38. The molecule has 1 saturated heterocycles. The number of aromatic nitrogens is 2. The number of hydrogen-bond acceptors (Lipinski definition) is 4. The minimum atomic E-state index is -0.225. The van der Waals surface area contributed by atoms with Crippen molar-refractivity contribution in [3.8, 4) is 5.69 Å². The highest BCUT2D eigenvalue weighted by Crippen LogP contribution is 2.21. The van der Waals surface area contributed by atoms with E-state index in [9.17, 15) is 4.39 Å². The van der Waals surface area contributed by atoms with Crippen molar-refractivity contribution in [3.63, 3.8) is 0 Å². The van der Waals surface area contributed by atoms with Crippen molar-refractivity contribution in [1.82, 2.24) is 25.1 Å². The monoisotopic (exact) mass is 436 g/mol. The van der Waals surface area contributed by atoms with Gasteiger partial charge in [-0.2, -0.15) is 0 Å². The van der Waals surface area contributed by atoms with Crippen molar-refractivity contribution in [2.24, 2.45) is 4.99 Å². The lowest BCUT2D eigenvalue weighted by atomic mass is 10.0. The van der Waals surface area contributed by atoms with Crippen LogP contribution in [0.3, 0.4) is 0 Å². The smallest absolute Gasteiger partial charge is 0.191 e. The molecule has 2 heterocycles. The first kappa shape index (κ1) is 22.0. The van der Waals surface area contributed by atoms with Gasteiger partial charge < -0.3 is 19.9 Å². The maximum absolute atomic E-state index is 13.5. The SMILES string of the molecule is CN=C(NCc1ccccc1-n1ccnc1)NCC(c1ccc(F)cc1)N1CCOCC1. The number of halogens is 1. The molecule has 0 bridgehead atoms. The van der Waals surface area contributed by atoms with E-state index < -0.39 is 0 Å². The molecule has 0 radical (unpaired) electrons. The molecular weight excluding hydrogens is 407 g/mol. The van der Waals surface area contributed by atoms with Crippen molar-refractivity contribution >= 4 is 5.96 Å². The van der Waals surface area contributed by atoms with Crippen LogP contribution in [-0.2, 0) is 11.3 Å². The highest BCUT2D eigenvalue weighted by molar-refractivity contribution is 5.79. The van der Waals surface area contributed by atoms with Crippen LogP contribution in [0.15, 0.2) is 72.2 Å². The summed E-state index contributed by atoms with van der Waals surface area (Å²) in [6.07, 6.45) is 5.50. The predicted octanol–water partition coefficient (Wildman–Crippen LogP) is 2.75. The van der Waals surface area contributed by atoms with E-state index >= 15 is 0 Å². The minimum absolute atomic E-state index is 0.0938. The van der Waals surface area contributed by atoms with E-state index in [0.29, 0.717) is 32.3 Å². The molecule has 168 valence electrons. The maximum Gasteiger partial charge on any atom is 0.191 e. The molecule has 4 rings (SSSR count).